The predicted octanol–water partition coefficient (Wildman–Crippen LogP) is 0.849. The predicted molar refractivity (Wildman–Crippen MR) is 83.9 cm³/mol. The topological polar surface area (TPSA) is 91.0 Å². The lowest BCUT2D eigenvalue weighted by molar-refractivity contribution is -0.127. The summed E-state index contributed by atoms with van der Waals surface area (Å²) in [5.41, 5.74) is 1.47. The molecule has 1 fully saturated rings. The number of cyclic esters (lactones) is 1. The molecule has 2 rings (SSSR count). The summed E-state index contributed by atoms with van der Waals surface area (Å²) >= 11 is 0. The Balaban J connectivity index is 1.88. The maximum absolute atomic E-state index is 11.8. The Kier molecular flexibility index (Phi) is 5.40. The Labute approximate surface area is 134 Å². The van der Waals surface area contributed by atoms with Crippen LogP contribution in [0.25, 0.3) is 0 Å². The van der Waals surface area contributed by atoms with Crippen LogP contribution in [0.3, 0.4) is 0 Å². The number of nitrogens with one attached hydrogen (secondary N) is 2. The molecule has 0 aliphatic carbocycles. The van der Waals surface area contributed by atoms with Crippen LogP contribution in [0.1, 0.15) is 5.56 Å². The van der Waals surface area contributed by atoms with Gasteiger partial charge in [0.1, 0.15) is 6.61 Å². The SMILES string of the molecule is CN(C)C(=O)CNC(=O)Nc1cccc(CN2CCOC2=O)c1. The number of amides is 4. The van der Waals surface area contributed by atoms with Crippen LogP contribution in [0.5, 0.6) is 0 Å². The minimum absolute atomic E-state index is 0.0713. The molecular formula is C15H20N4O4. The molecule has 1 aromatic rings. The van der Waals surface area contributed by atoms with Crippen molar-refractivity contribution in [3.63, 3.8) is 0 Å². The van der Waals surface area contributed by atoms with Crippen molar-refractivity contribution >= 4 is 23.7 Å². The number of carbonyl (C=O) groups excluding carboxylic acids is 3. The summed E-state index contributed by atoms with van der Waals surface area (Å²) in [7, 11) is 3.24. The van der Waals surface area contributed by atoms with E-state index >= 15 is 0 Å². The molecule has 1 aromatic carbocycles. The van der Waals surface area contributed by atoms with Gasteiger partial charge in [-0.3, -0.25) is 4.79 Å². The smallest absolute Gasteiger partial charge is 0.410 e. The third-order valence-electron chi connectivity index (χ3n) is 3.30. The summed E-state index contributed by atoms with van der Waals surface area (Å²) in [6, 6.07) is 6.71. The molecular weight excluding hydrogens is 300 g/mol. The Hall–Kier alpha value is -2.77. The summed E-state index contributed by atoms with van der Waals surface area (Å²) in [5.74, 6) is -0.193. The first-order valence-corrected chi connectivity index (χ1v) is 7.21. The van der Waals surface area contributed by atoms with Crippen molar-refractivity contribution in [1.82, 2.24) is 15.1 Å². The number of nitrogens with zero attached hydrogens (tertiary/aromatic N) is 2. The molecule has 1 saturated heterocycles. The van der Waals surface area contributed by atoms with Crippen molar-refractivity contribution in [3.05, 3.63) is 29.8 Å². The van der Waals surface area contributed by atoms with Gasteiger partial charge >= 0.3 is 12.1 Å². The highest BCUT2D eigenvalue weighted by Crippen LogP contribution is 2.15. The summed E-state index contributed by atoms with van der Waals surface area (Å²) < 4.78 is 4.88. The number of rotatable bonds is 5. The van der Waals surface area contributed by atoms with Crippen molar-refractivity contribution in [1.29, 1.82) is 0 Å². The Bertz CT molecular complexity index is 603. The average molecular weight is 320 g/mol. The van der Waals surface area contributed by atoms with Gasteiger partial charge in [0.15, 0.2) is 0 Å². The second-order valence-corrected chi connectivity index (χ2v) is 5.33. The molecule has 4 amide bonds. The number of anilines is 1. The van der Waals surface area contributed by atoms with E-state index in [2.05, 4.69) is 10.6 Å². The molecule has 0 unspecified atom stereocenters. The van der Waals surface area contributed by atoms with E-state index in [-0.39, 0.29) is 18.5 Å². The first-order chi connectivity index (χ1) is 11.0. The van der Waals surface area contributed by atoms with Crippen LogP contribution in [0.15, 0.2) is 24.3 Å². The fourth-order valence-corrected chi connectivity index (χ4v) is 2.03. The number of ether oxygens (including phenoxy) is 1. The largest absolute Gasteiger partial charge is 0.448 e. The molecule has 1 aliphatic heterocycles. The van der Waals surface area contributed by atoms with Crippen molar-refractivity contribution in [2.24, 2.45) is 0 Å². The summed E-state index contributed by atoms with van der Waals surface area (Å²) in [5, 5.41) is 5.14. The lowest BCUT2D eigenvalue weighted by Gasteiger charge is -2.14. The van der Waals surface area contributed by atoms with Crippen LogP contribution in [0, 0.1) is 0 Å². The molecule has 0 saturated carbocycles. The van der Waals surface area contributed by atoms with E-state index in [9.17, 15) is 14.4 Å². The normalized spacial score (nSPS) is 13.5. The minimum Gasteiger partial charge on any atom is -0.448 e. The lowest BCUT2D eigenvalue weighted by atomic mass is 10.2. The molecule has 0 bridgehead atoms. The van der Waals surface area contributed by atoms with E-state index in [1.807, 2.05) is 6.07 Å². The molecule has 0 radical (unpaired) electrons. The zero-order valence-corrected chi connectivity index (χ0v) is 13.2. The van der Waals surface area contributed by atoms with Crippen molar-refractivity contribution in [2.45, 2.75) is 6.54 Å². The van der Waals surface area contributed by atoms with Gasteiger partial charge in [0.05, 0.1) is 13.1 Å². The quantitative estimate of drug-likeness (QED) is 0.841. The van der Waals surface area contributed by atoms with Gasteiger partial charge in [-0.15, -0.1) is 0 Å². The molecule has 2 N–H and O–H groups in total. The minimum atomic E-state index is -0.460. The third kappa shape index (κ3) is 4.87. The molecule has 1 heterocycles. The van der Waals surface area contributed by atoms with E-state index in [0.29, 0.717) is 25.4 Å². The summed E-state index contributed by atoms with van der Waals surface area (Å²) in [6.45, 7) is 1.32. The van der Waals surface area contributed by atoms with Gasteiger partial charge in [-0.25, -0.2) is 9.59 Å². The van der Waals surface area contributed by atoms with Gasteiger partial charge < -0.3 is 25.2 Å². The van der Waals surface area contributed by atoms with Crippen molar-refractivity contribution < 1.29 is 19.1 Å². The van der Waals surface area contributed by atoms with E-state index in [1.54, 1.807) is 37.2 Å². The summed E-state index contributed by atoms with van der Waals surface area (Å²) in [4.78, 5) is 37.6. The fourth-order valence-electron chi connectivity index (χ4n) is 2.03. The zero-order valence-electron chi connectivity index (χ0n) is 13.2. The van der Waals surface area contributed by atoms with Gasteiger partial charge in [0.25, 0.3) is 0 Å². The van der Waals surface area contributed by atoms with E-state index in [1.165, 1.54) is 4.90 Å². The maximum Gasteiger partial charge on any atom is 0.410 e. The molecule has 1 aliphatic rings. The Morgan fingerprint density at radius 3 is 2.78 bits per heavy atom. The highest BCUT2D eigenvalue weighted by molar-refractivity contribution is 5.92. The van der Waals surface area contributed by atoms with Crippen LogP contribution >= 0.6 is 0 Å². The van der Waals surface area contributed by atoms with Crippen LogP contribution in [0.4, 0.5) is 15.3 Å². The van der Waals surface area contributed by atoms with E-state index in [0.717, 1.165) is 5.56 Å². The number of hydrogen-bond acceptors (Lipinski definition) is 4. The summed E-state index contributed by atoms with van der Waals surface area (Å²) in [6.07, 6.45) is -0.330. The van der Waals surface area contributed by atoms with Crippen LogP contribution in [-0.2, 0) is 16.1 Å². The van der Waals surface area contributed by atoms with Crippen LogP contribution in [-0.4, -0.2) is 61.6 Å². The van der Waals surface area contributed by atoms with Gasteiger partial charge in [-0.05, 0) is 17.7 Å². The van der Waals surface area contributed by atoms with E-state index in [4.69, 9.17) is 4.74 Å². The number of likely N-dealkylation sites (N-methyl/N-ethyl adjacent to an activating group) is 1. The number of carbonyl (C=O) groups is 3. The van der Waals surface area contributed by atoms with Gasteiger partial charge in [0.2, 0.25) is 5.91 Å². The highest BCUT2D eigenvalue weighted by Gasteiger charge is 2.21. The van der Waals surface area contributed by atoms with Crippen molar-refractivity contribution in [2.75, 3.05) is 39.1 Å². The second-order valence-electron chi connectivity index (χ2n) is 5.33. The fraction of sp³-hybridized carbons (Fsp3) is 0.400. The highest BCUT2D eigenvalue weighted by atomic mass is 16.6. The molecule has 124 valence electrons. The molecule has 0 spiro atoms. The van der Waals surface area contributed by atoms with Crippen molar-refractivity contribution in [3.8, 4) is 0 Å². The number of hydrogen-bond donors (Lipinski definition) is 2. The number of benzene rings is 1. The van der Waals surface area contributed by atoms with Gasteiger partial charge in [-0.2, -0.15) is 0 Å². The zero-order chi connectivity index (χ0) is 16.8. The first-order valence-electron chi connectivity index (χ1n) is 7.21. The Morgan fingerprint density at radius 1 is 1.35 bits per heavy atom. The molecule has 8 nitrogen and oxygen atoms in total. The maximum atomic E-state index is 11.8. The molecule has 0 aromatic heterocycles. The Morgan fingerprint density at radius 2 is 2.13 bits per heavy atom. The van der Waals surface area contributed by atoms with Gasteiger partial charge in [0, 0.05) is 26.3 Å². The molecule has 23 heavy (non-hydrogen) atoms. The average Bonchev–Trinajstić information content (AvgIpc) is 2.90. The number of urea groups is 1. The van der Waals surface area contributed by atoms with Crippen LogP contribution in [0.2, 0.25) is 0 Å². The third-order valence-corrected chi connectivity index (χ3v) is 3.30. The van der Waals surface area contributed by atoms with Crippen LogP contribution < -0.4 is 10.6 Å². The monoisotopic (exact) mass is 320 g/mol. The second kappa shape index (κ2) is 7.48. The molecule has 0 atom stereocenters. The first kappa shape index (κ1) is 16.6. The lowest BCUT2D eigenvalue weighted by Crippen LogP contribution is -2.38. The van der Waals surface area contributed by atoms with Gasteiger partial charge in [-0.1, -0.05) is 12.1 Å². The van der Waals surface area contributed by atoms with E-state index < -0.39 is 6.03 Å². The standard InChI is InChI=1S/C15H20N4O4/c1-18(2)13(20)9-16-14(21)17-12-5-3-4-11(8-12)10-19-6-7-23-15(19)22/h3-5,8H,6-7,9-10H2,1-2H3,(H2,16,17,21). The molecule has 8 heteroatoms.